The van der Waals surface area contributed by atoms with Gasteiger partial charge < -0.3 is 5.32 Å². The maximum absolute atomic E-state index is 12.2. The Kier molecular flexibility index (Phi) is 5.59. The summed E-state index contributed by atoms with van der Waals surface area (Å²) < 4.78 is 25.2. The second-order valence-electron chi connectivity index (χ2n) is 5.48. The predicted molar refractivity (Wildman–Crippen MR) is 96.2 cm³/mol. The first-order chi connectivity index (χ1) is 10.8. The van der Waals surface area contributed by atoms with Crippen LogP contribution >= 0.6 is 15.9 Å². The number of para-hydroxylation sites is 1. The molecule has 2 rings (SSSR count). The largest absolute Gasteiger partial charge is 0.325 e. The normalized spacial score (nSPS) is 11.3. The van der Waals surface area contributed by atoms with Crippen LogP contribution in [-0.2, 0) is 20.4 Å². The molecule has 0 bridgehead atoms. The molecule has 1 N–H and O–H groups in total. The van der Waals surface area contributed by atoms with Gasteiger partial charge in [-0.1, -0.05) is 46.3 Å². The number of hydrogen-bond donors (Lipinski definition) is 1. The molecule has 0 radical (unpaired) electrons. The molecule has 122 valence electrons. The maximum atomic E-state index is 12.2. The van der Waals surface area contributed by atoms with Crippen molar-refractivity contribution in [3.05, 3.63) is 63.6 Å². The Hall–Kier alpha value is -1.66. The lowest BCUT2D eigenvalue weighted by molar-refractivity contribution is -0.113. The summed E-state index contributed by atoms with van der Waals surface area (Å²) in [5.74, 6) is -1.21. The number of aryl methyl sites for hydroxylation is 2. The molecule has 6 heteroatoms. The number of hydrogen-bond acceptors (Lipinski definition) is 3. The molecule has 4 nitrogen and oxygen atoms in total. The minimum atomic E-state index is -3.53. The van der Waals surface area contributed by atoms with Gasteiger partial charge in [-0.15, -0.1) is 0 Å². The average Bonchev–Trinajstić information content (AvgIpc) is 2.42. The molecule has 0 atom stereocenters. The van der Waals surface area contributed by atoms with E-state index in [1.54, 1.807) is 18.2 Å². The molecule has 0 aliphatic carbocycles. The van der Waals surface area contributed by atoms with Gasteiger partial charge in [0.1, 0.15) is 5.75 Å². The number of sulfone groups is 1. The Balaban J connectivity index is 2.07. The summed E-state index contributed by atoms with van der Waals surface area (Å²) in [5, 5.41) is 2.70. The van der Waals surface area contributed by atoms with Gasteiger partial charge in [-0.25, -0.2) is 8.42 Å². The monoisotopic (exact) mass is 395 g/mol. The Bertz CT molecular complexity index is 811. The van der Waals surface area contributed by atoms with Crippen molar-refractivity contribution in [2.45, 2.75) is 19.6 Å². The molecule has 2 aromatic carbocycles. The van der Waals surface area contributed by atoms with Crippen LogP contribution in [0.3, 0.4) is 0 Å². The molecule has 0 aliphatic heterocycles. The van der Waals surface area contributed by atoms with Gasteiger partial charge in [-0.05, 0) is 42.7 Å². The minimum absolute atomic E-state index is 0.160. The van der Waals surface area contributed by atoms with E-state index in [9.17, 15) is 13.2 Å². The number of nitrogens with one attached hydrogen (secondary N) is 1. The zero-order valence-corrected chi connectivity index (χ0v) is 15.4. The summed E-state index contributed by atoms with van der Waals surface area (Å²) in [4.78, 5) is 12.1. The predicted octanol–water partition coefficient (Wildman–Crippen LogP) is 3.62. The van der Waals surface area contributed by atoms with Crippen molar-refractivity contribution in [2.75, 3.05) is 11.1 Å². The van der Waals surface area contributed by atoms with Crippen LogP contribution in [-0.4, -0.2) is 20.1 Å². The summed E-state index contributed by atoms with van der Waals surface area (Å²) in [6.45, 7) is 3.75. The zero-order chi connectivity index (χ0) is 17.0. The van der Waals surface area contributed by atoms with Gasteiger partial charge in [0, 0.05) is 10.2 Å². The van der Waals surface area contributed by atoms with Crippen LogP contribution in [0.15, 0.2) is 46.9 Å². The van der Waals surface area contributed by atoms with E-state index >= 15 is 0 Å². The molecular weight excluding hydrogens is 378 g/mol. The molecule has 1 amide bonds. The van der Waals surface area contributed by atoms with Gasteiger partial charge in [0.15, 0.2) is 9.84 Å². The quantitative estimate of drug-likeness (QED) is 0.840. The first kappa shape index (κ1) is 17.7. The van der Waals surface area contributed by atoms with Gasteiger partial charge in [0.25, 0.3) is 0 Å². The smallest absolute Gasteiger partial charge is 0.239 e. The fourth-order valence-electron chi connectivity index (χ4n) is 2.32. The van der Waals surface area contributed by atoms with Gasteiger partial charge in [0.05, 0.1) is 5.75 Å². The lowest BCUT2D eigenvalue weighted by Gasteiger charge is -2.11. The number of benzene rings is 2. The van der Waals surface area contributed by atoms with Crippen molar-refractivity contribution in [3.8, 4) is 0 Å². The number of amides is 1. The Morgan fingerprint density at radius 2 is 1.70 bits per heavy atom. The van der Waals surface area contributed by atoms with E-state index in [0.29, 0.717) is 11.3 Å². The van der Waals surface area contributed by atoms with E-state index in [0.717, 1.165) is 15.6 Å². The van der Waals surface area contributed by atoms with Gasteiger partial charge >= 0.3 is 0 Å². The summed E-state index contributed by atoms with van der Waals surface area (Å²) >= 11 is 3.31. The van der Waals surface area contributed by atoms with Crippen molar-refractivity contribution < 1.29 is 13.2 Å². The van der Waals surface area contributed by atoms with Crippen LogP contribution in [0.5, 0.6) is 0 Å². The van der Waals surface area contributed by atoms with Crippen LogP contribution in [0.4, 0.5) is 5.69 Å². The van der Waals surface area contributed by atoms with E-state index in [2.05, 4.69) is 21.2 Å². The highest BCUT2D eigenvalue weighted by Crippen LogP contribution is 2.20. The van der Waals surface area contributed by atoms with E-state index < -0.39 is 21.5 Å². The zero-order valence-electron chi connectivity index (χ0n) is 13.0. The fourth-order valence-corrected chi connectivity index (χ4v) is 4.03. The molecule has 0 aliphatic rings. The molecule has 2 aromatic rings. The summed E-state index contributed by atoms with van der Waals surface area (Å²) in [6, 6.07) is 12.7. The van der Waals surface area contributed by atoms with E-state index in [-0.39, 0.29) is 5.75 Å². The summed E-state index contributed by atoms with van der Waals surface area (Å²) in [7, 11) is -3.53. The summed E-state index contributed by atoms with van der Waals surface area (Å²) in [6.07, 6.45) is 0. The average molecular weight is 396 g/mol. The molecular formula is C17H18BrNO3S. The molecule has 0 aromatic heterocycles. The van der Waals surface area contributed by atoms with Crippen molar-refractivity contribution in [3.63, 3.8) is 0 Å². The van der Waals surface area contributed by atoms with Crippen LogP contribution < -0.4 is 5.32 Å². The number of halogens is 1. The Labute approximate surface area is 145 Å². The highest BCUT2D eigenvalue weighted by Gasteiger charge is 2.18. The fraction of sp³-hybridized carbons (Fsp3) is 0.235. The van der Waals surface area contributed by atoms with Crippen LogP contribution in [0.1, 0.15) is 16.7 Å². The van der Waals surface area contributed by atoms with Crippen LogP contribution in [0.2, 0.25) is 0 Å². The highest BCUT2D eigenvalue weighted by atomic mass is 79.9. The first-order valence-electron chi connectivity index (χ1n) is 7.08. The molecule has 0 spiro atoms. The molecule has 0 heterocycles. The first-order valence-corrected chi connectivity index (χ1v) is 9.69. The molecule has 0 saturated carbocycles. The molecule has 0 unspecified atom stereocenters. The highest BCUT2D eigenvalue weighted by molar-refractivity contribution is 9.10. The Morgan fingerprint density at radius 1 is 1.09 bits per heavy atom. The van der Waals surface area contributed by atoms with E-state index in [4.69, 9.17) is 0 Å². The number of rotatable bonds is 5. The van der Waals surface area contributed by atoms with Gasteiger partial charge in [-0.2, -0.15) is 0 Å². The van der Waals surface area contributed by atoms with Crippen molar-refractivity contribution in [1.29, 1.82) is 0 Å². The van der Waals surface area contributed by atoms with Gasteiger partial charge in [-0.3, -0.25) is 4.79 Å². The number of carbonyl (C=O) groups excluding carboxylic acids is 1. The minimum Gasteiger partial charge on any atom is -0.325 e. The topological polar surface area (TPSA) is 63.2 Å². The second-order valence-corrected chi connectivity index (χ2v) is 8.46. The standard InChI is InChI=1S/C17H18BrNO3S/c1-12-5-3-6-13(2)17(12)19-16(20)11-23(21,22)10-14-7-4-8-15(18)9-14/h3-9H,10-11H2,1-2H3,(H,19,20). The third-order valence-electron chi connectivity index (χ3n) is 3.37. The summed E-state index contributed by atoms with van der Waals surface area (Å²) in [5.41, 5.74) is 3.14. The molecule has 23 heavy (non-hydrogen) atoms. The Morgan fingerprint density at radius 3 is 2.30 bits per heavy atom. The third-order valence-corrected chi connectivity index (χ3v) is 5.34. The number of carbonyl (C=O) groups is 1. The maximum Gasteiger partial charge on any atom is 0.239 e. The van der Waals surface area contributed by atoms with Crippen molar-refractivity contribution in [1.82, 2.24) is 0 Å². The van der Waals surface area contributed by atoms with E-state index in [1.165, 1.54) is 0 Å². The van der Waals surface area contributed by atoms with Crippen LogP contribution in [0.25, 0.3) is 0 Å². The lowest BCUT2D eigenvalue weighted by Crippen LogP contribution is -2.24. The van der Waals surface area contributed by atoms with E-state index in [1.807, 2.05) is 38.1 Å². The van der Waals surface area contributed by atoms with Crippen molar-refractivity contribution >= 4 is 37.4 Å². The van der Waals surface area contributed by atoms with Crippen LogP contribution in [0, 0.1) is 13.8 Å². The SMILES string of the molecule is Cc1cccc(C)c1NC(=O)CS(=O)(=O)Cc1cccc(Br)c1. The molecule has 0 fully saturated rings. The lowest BCUT2D eigenvalue weighted by atomic mass is 10.1. The van der Waals surface area contributed by atoms with Crippen molar-refractivity contribution in [2.24, 2.45) is 0 Å². The number of anilines is 1. The van der Waals surface area contributed by atoms with Gasteiger partial charge in [0.2, 0.25) is 5.91 Å². The third kappa shape index (κ3) is 5.18. The second kappa shape index (κ2) is 7.27. The molecule has 0 saturated heterocycles.